The molecule has 168 valence electrons. The highest BCUT2D eigenvalue weighted by Crippen LogP contribution is 2.65. The summed E-state index contributed by atoms with van der Waals surface area (Å²) < 4.78 is 1.62. The number of aliphatic hydroxyl groups is 1. The van der Waals surface area contributed by atoms with Crippen LogP contribution in [-0.4, -0.2) is 26.3 Å². The van der Waals surface area contributed by atoms with Crippen LogP contribution in [0.3, 0.4) is 0 Å². The third-order valence-electron chi connectivity index (χ3n) is 10.0. The van der Waals surface area contributed by atoms with Gasteiger partial charge < -0.3 is 5.11 Å². The molecule has 0 bridgehead atoms. The molecule has 1 heterocycles. The van der Waals surface area contributed by atoms with E-state index in [1.54, 1.807) is 10.9 Å². The lowest BCUT2D eigenvalue weighted by Crippen LogP contribution is -2.50. The van der Waals surface area contributed by atoms with Crippen LogP contribution in [0.5, 0.6) is 0 Å². The molecule has 0 unspecified atom stereocenters. The maximum absolute atomic E-state index is 12.8. The molecular weight excluding hydrogens is 386 g/mol. The standard InChI is InChI=1S/C26H37N3O2/c1-25(31)9-7-21-18(12-25)3-5-23-22(21)8-10-26(2)19(4-6-24(23)26)11-20(30)16-29-15-17(13-27)14-28-29/h14-15,18-19,21-24,31H,3-12,16H2,1-2H3/t18-,19-,21+,22-,23-,24+,25-,26-/m1/s1. The van der Waals surface area contributed by atoms with Gasteiger partial charge in [0.1, 0.15) is 6.07 Å². The highest BCUT2D eigenvalue weighted by Gasteiger charge is 2.57. The van der Waals surface area contributed by atoms with Crippen LogP contribution >= 0.6 is 0 Å². The fourth-order valence-corrected chi connectivity index (χ4v) is 8.55. The summed E-state index contributed by atoms with van der Waals surface area (Å²) in [5.74, 6) is 4.71. The lowest BCUT2D eigenvalue weighted by atomic mass is 9.49. The summed E-state index contributed by atoms with van der Waals surface area (Å²) in [5.41, 5.74) is 0.364. The number of nitrogens with zero attached hydrogens (tertiary/aromatic N) is 3. The minimum Gasteiger partial charge on any atom is -0.390 e. The van der Waals surface area contributed by atoms with Crippen molar-refractivity contribution in [3.63, 3.8) is 0 Å². The third-order valence-corrected chi connectivity index (χ3v) is 10.0. The van der Waals surface area contributed by atoms with Crippen LogP contribution in [0.4, 0.5) is 0 Å². The second kappa shape index (κ2) is 7.73. The Morgan fingerprint density at radius 3 is 2.74 bits per heavy atom. The molecule has 0 radical (unpaired) electrons. The van der Waals surface area contributed by atoms with E-state index in [-0.39, 0.29) is 12.3 Å². The Morgan fingerprint density at radius 2 is 1.97 bits per heavy atom. The van der Waals surface area contributed by atoms with Gasteiger partial charge in [-0.2, -0.15) is 10.4 Å². The molecular formula is C26H37N3O2. The highest BCUT2D eigenvalue weighted by molar-refractivity contribution is 5.78. The zero-order valence-electron chi connectivity index (χ0n) is 19.1. The van der Waals surface area contributed by atoms with E-state index in [9.17, 15) is 9.90 Å². The van der Waals surface area contributed by atoms with Crippen LogP contribution in [-0.2, 0) is 11.3 Å². The van der Waals surface area contributed by atoms with Crippen molar-refractivity contribution in [2.45, 2.75) is 90.2 Å². The van der Waals surface area contributed by atoms with E-state index in [2.05, 4.69) is 18.1 Å². The smallest absolute Gasteiger partial charge is 0.154 e. The van der Waals surface area contributed by atoms with Crippen LogP contribution < -0.4 is 0 Å². The van der Waals surface area contributed by atoms with Crippen molar-refractivity contribution in [3.8, 4) is 6.07 Å². The Labute approximate surface area is 186 Å². The van der Waals surface area contributed by atoms with E-state index in [4.69, 9.17) is 5.26 Å². The molecule has 4 aliphatic rings. The predicted molar refractivity (Wildman–Crippen MR) is 118 cm³/mol. The van der Waals surface area contributed by atoms with Crippen molar-refractivity contribution in [2.24, 2.45) is 40.9 Å². The lowest BCUT2D eigenvalue weighted by Gasteiger charge is -2.57. The van der Waals surface area contributed by atoms with Gasteiger partial charge in [0, 0.05) is 12.6 Å². The molecule has 5 rings (SSSR count). The van der Waals surface area contributed by atoms with Gasteiger partial charge in [-0.15, -0.1) is 0 Å². The predicted octanol–water partition coefficient (Wildman–Crippen LogP) is 4.73. The number of fused-ring (bicyclic) bond motifs is 5. The average Bonchev–Trinajstić information content (AvgIpc) is 3.31. The highest BCUT2D eigenvalue weighted by atomic mass is 16.3. The van der Waals surface area contributed by atoms with Gasteiger partial charge in [-0.1, -0.05) is 6.92 Å². The Kier molecular flexibility index (Phi) is 5.28. The van der Waals surface area contributed by atoms with Crippen molar-refractivity contribution in [1.29, 1.82) is 5.26 Å². The summed E-state index contributed by atoms with van der Waals surface area (Å²) in [5, 5.41) is 23.7. The first kappa shape index (κ1) is 21.2. The molecule has 5 heteroatoms. The van der Waals surface area contributed by atoms with Crippen LogP contribution in [0.2, 0.25) is 0 Å². The molecule has 1 aromatic heterocycles. The molecule has 31 heavy (non-hydrogen) atoms. The molecule has 4 fully saturated rings. The summed E-state index contributed by atoms with van der Waals surface area (Å²) >= 11 is 0. The number of nitriles is 1. The first-order valence-corrected chi connectivity index (χ1v) is 12.5. The third kappa shape index (κ3) is 3.75. The van der Waals surface area contributed by atoms with E-state index < -0.39 is 5.60 Å². The van der Waals surface area contributed by atoms with Gasteiger partial charge in [0.25, 0.3) is 0 Å². The number of Topliss-reactive ketones (excluding diaryl/α,β-unsaturated/α-hetero) is 1. The van der Waals surface area contributed by atoms with Crippen LogP contribution in [0.15, 0.2) is 12.4 Å². The van der Waals surface area contributed by atoms with Gasteiger partial charge in [0.15, 0.2) is 5.78 Å². The number of carbonyl (C=O) groups excluding carboxylic acids is 1. The van der Waals surface area contributed by atoms with Crippen LogP contribution in [0, 0.1) is 52.3 Å². The molecule has 4 aliphatic carbocycles. The molecule has 0 spiro atoms. The molecule has 8 atom stereocenters. The van der Waals surface area contributed by atoms with Gasteiger partial charge in [-0.3, -0.25) is 9.48 Å². The lowest BCUT2D eigenvalue weighted by molar-refractivity contribution is -0.123. The Balaban J connectivity index is 1.25. The molecule has 0 amide bonds. The first-order valence-electron chi connectivity index (χ1n) is 12.5. The minimum atomic E-state index is -0.446. The summed E-state index contributed by atoms with van der Waals surface area (Å²) in [6.07, 6.45) is 14.7. The number of aromatic nitrogens is 2. The maximum atomic E-state index is 12.8. The van der Waals surface area contributed by atoms with Crippen molar-refractivity contribution >= 4 is 5.78 Å². The molecule has 5 nitrogen and oxygen atoms in total. The van der Waals surface area contributed by atoms with E-state index in [1.807, 2.05) is 6.92 Å². The molecule has 1 aromatic rings. The first-order chi connectivity index (χ1) is 14.8. The largest absolute Gasteiger partial charge is 0.390 e. The van der Waals surface area contributed by atoms with Crippen LogP contribution in [0.1, 0.15) is 83.6 Å². The van der Waals surface area contributed by atoms with Gasteiger partial charge in [0.05, 0.1) is 23.9 Å². The SMILES string of the molecule is C[C@@]1(O)CC[C@H]2[C@H](CC[C@@H]3[C@@H]2CC[C@]2(C)[C@@H](CC(=O)Cn4cc(C#N)cn4)CC[C@@H]32)C1. The van der Waals surface area contributed by atoms with E-state index >= 15 is 0 Å². The molecule has 0 saturated heterocycles. The summed E-state index contributed by atoms with van der Waals surface area (Å²) in [6.45, 7) is 4.81. The fourth-order valence-electron chi connectivity index (χ4n) is 8.55. The van der Waals surface area contributed by atoms with Crippen LogP contribution in [0.25, 0.3) is 0 Å². The van der Waals surface area contributed by atoms with Gasteiger partial charge >= 0.3 is 0 Å². The topological polar surface area (TPSA) is 78.9 Å². The number of ketones is 1. The maximum Gasteiger partial charge on any atom is 0.154 e. The molecule has 0 aliphatic heterocycles. The number of carbonyl (C=O) groups is 1. The quantitative estimate of drug-likeness (QED) is 0.759. The number of hydrogen-bond donors (Lipinski definition) is 1. The van der Waals surface area contributed by atoms with Gasteiger partial charge in [-0.05, 0) is 106 Å². The Bertz CT molecular complexity index is 883. The number of rotatable bonds is 4. The van der Waals surface area contributed by atoms with Crippen molar-refractivity contribution in [2.75, 3.05) is 0 Å². The minimum absolute atomic E-state index is 0.250. The fraction of sp³-hybridized carbons (Fsp3) is 0.808. The summed E-state index contributed by atoms with van der Waals surface area (Å²) in [4.78, 5) is 12.8. The van der Waals surface area contributed by atoms with Crippen molar-refractivity contribution in [1.82, 2.24) is 9.78 Å². The second-order valence-electron chi connectivity index (χ2n) is 11.8. The molecule has 1 N–H and O–H groups in total. The zero-order valence-corrected chi connectivity index (χ0v) is 19.1. The zero-order chi connectivity index (χ0) is 21.8. The molecule has 4 saturated carbocycles. The normalized spacial score (nSPS) is 44.1. The molecule has 0 aromatic carbocycles. The summed E-state index contributed by atoms with van der Waals surface area (Å²) in [7, 11) is 0. The Hall–Kier alpha value is -1.67. The van der Waals surface area contributed by atoms with E-state index in [0.717, 1.165) is 42.4 Å². The van der Waals surface area contributed by atoms with Crippen molar-refractivity contribution < 1.29 is 9.90 Å². The monoisotopic (exact) mass is 423 g/mol. The van der Waals surface area contributed by atoms with Gasteiger partial charge in [0.2, 0.25) is 0 Å². The Morgan fingerprint density at radius 1 is 1.16 bits per heavy atom. The van der Waals surface area contributed by atoms with E-state index in [1.165, 1.54) is 51.1 Å². The van der Waals surface area contributed by atoms with Crippen molar-refractivity contribution in [3.05, 3.63) is 18.0 Å². The van der Waals surface area contributed by atoms with E-state index in [0.29, 0.717) is 23.3 Å². The summed E-state index contributed by atoms with van der Waals surface area (Å²) in [6, 6.07) is 2.08. The average molecular weight is 424 g/mol. The second-order valence-corrected chi connectivity index (χ2v) is 11.8. The van der Waals surface area contributed by atoms with Gasteiger partial charge in [-0.25, -0.2) is 0 Å². The number of hydrogen-bond acceptors (Lipinski definition) is 4.